The fourth-order valence-corrected chi connectivity index (χ4v) is 4.04. The first-order valence-electron chi connectivity index (χ1n) is 9.88. The van der Waals surface area contributed by atoms with Crippen molar-refractivity contribution in [3.05, 3.63) is 24.3 Å². The fourth-order valence-electron chi connectivity index (χ4n) is 4.04. The van der Waals surface area contributed by atoms with E-state index in [0.29, 0.717) is 6.04 Å². The predicted molar refractivity (Wildman–Crippen MR) is 111 cm³/mol. The second-order valence-corrected chi connectivity index (χ2v) is 7.37. The van der Waals surface area contributed by atoms with Crippen LogP contribution in [0.5, 0.6) is 0 Å². The SMILES string of the molecule is Cl.c1ccc2c(NC3CCCCC3)nc(NCCN3CCCC3)nc2c1. The standard InChI is InChI=1S/C20H29N5.ClH/c1-2-8-16(9-3-1)22-19-17-10-4-5-11-18(17)23-20(24-19)21-12-15-25-13-6-7-14-25;/h4-5,10-11,16H,1-3,6-9,12-15H2,(H2,21,22,23,24);1H. The Kier molecular flexibility index (Phi) is 6.92. The molecule has 0 atom stereocenters. The van der Waals surface area contributed by atoms with Gasteiger partial charge in [-0.1, -0.05) is 31.4 Å². The van der Waals surface area contributed by atoms with Crippen LogP contribution in [0.1, 0.15) is 44.9 Å². The molecule has 6 heteroatoms. The van der Waals surface area contributed by atoms with Crippen molar-refractivity contribution in [2.24, 2.45) is 0 Å². The first-order valence-corrected chi connectivity index (χ1v) is 9.88. The molecule has 4 rings (SSSR count). The Morgan fingerprint density at radius 1 is 0.962 bits per heavy atom. The number of likely N-dealkylation sites (tertiary alicyclic amines) is 1. The van der Waals surface area contributed by atoms with Gasteiger partial charge in [0.1, 0.15) is 5.82 Å². The summed E-state index contributed by atoms with van der Waals surface area (Å²) in [5.74, 6) is 1.73. The molecule has 1 aromatic heterocycles. The van der Waals surface area contributed by atoms with Gasteiger partial charge in [-0.05, 0) is 50.9 Å². The van der Waals surface area contributed by atoms with Crippen LogP contribution in [-0.2, 0) is 0 Å². The lowest BCUT2D eigenvalue weighted by atomic mass is 9.95. The number of hydrogen-bond acceptors (Lipinski definition) is 5. The molecule has 1 aromatic carbocycles. The van der Waals surface area contributed by atoms with E-state index in [1.54, 1.807) is 0 Å². The van der Waals surface area contributed by atoms with E-state index in [1.807, 2.05) is 6.07 Å². The molecule has 0 unspecified atom stereocenters. The normalized spacial score (nSPS) is 18.6. The van der Waals surface area contributed by atoms with Crippen LogP contribution in [0.3, 0.4) is 0 Å². The van der Waals surface area contributed by atoms with Crippen molar-refractivity contribution in [2.75, 3.05) is 36.8 Å². The Hall–Kier alpha value is -1.59. The van der Waals surface area contributed by atoms with E-state index in [1.165, 1.54) is 58.0 Å². The van der Waals surface area contributed by atoms with Crippen LogP contribution < -0.4 is 10.6 Å². The molecule has 2 fully saturated rings. The lowest BCUT2D eigenvalue weighted by Gasteiger charge is -2.24. The maximum atomic E-state index is 4.81. The molecular formula is C20H30ClN5. The number of hydrogen-bond donors (Lipinski definition) is 2. The molecule has 5 nitrogen and oxygen atoms in total. The van der Waals surface area contributed by atoms with Gasteiger partial charge in [0.05, 0.1) is 5.52 Å². The van der Waals surface area contributed by atoms with Crippen LogP contribution >= 0.6 is 12.4 Å². The largest absolute Gasteiger partial charge is 0.367 e. The van der Waals surface area contributed by atoms with E-state index in [-0.39, 0.29) is 12.4 Å². The molecule has 0 amide bonds. The highest BCUT2D eigenvalue weighted by atomic mass is 35.5. The number of fused-ring (bicyclic) bond motifs is 1. The highest BCUT2D eigenvalue weighted by Gasteiger charge is 2.16. The van der Waals surface area contributed by atoms with Crippen molar-refractivity contribution in [3.8, 4) is 0 Å². The topological polar surface area (TPSA) is 53.1 Å². The molecule has 1 aliphatic heterocycles. The van der Waals surface area contributed by atoms with E-state index in [4.69, 9.17) is 9.97 Å². The summed E-state index contributed by atoms with van der Waals surface area (Å²) in [7, 11) is 0. The average molecular weight is 376 g/mol. The highest BCUT2D eigenvalue weighted by Crippen LogP contribution is 2.26. The summed E-state index contributed by atoms with van der Waals surface area (Å²) in [6.45, 7) is 4.44. The second kappa shape index (κ2) is 9.38. The van der Waals surface area contributed by atoms with Gasteiger partial charge in [0, 0.05) is 24.5 Å². The third-order valence-corrected chi connectivity index (χ3v) is 5.46. The Labute approximate surface area is 162 Å². The predicted octanol–water partition coefficient (Wildman–Crippen LogP) is 4.30. The Balaban J connectivity index is 0.00000196. The van der Waals surface area contributed by atoms with Gasteiger partial charge in [-0.15, -0.1) is 12.4 Å². The molecule has 142 valence electrons. The maximum absolute atomic E-state index is 4.81. The smallest absolute Gasteiger partial charge is 0.225 e. The minimum Gasteiger partial charge on any atom is -0.367 e. The van der Waals surface area contributed by atoms with Crippen LogP contribution in [-0.4, -0.2) is 47.1 Å². The van der Waals surface area contributed by atoms with Crippen LogP contribution in [0.15, 0.2) is 24.3 Å². The zero-order valence-corrected chi connectivity index (χ0v) is 16.2. The molecule has 0 spiro atoms. The molecule has 1 aliphatic carbocycles. The highest BCUT2D eigenvalue weighted by molar-refractivity contribution is 5.90. The number of para-hydroxylation sites is 1. The molecule has 0 bridgehead atoms. The van der Waals surface area contributed by atoms with E-state index in [2.05, 4.69) is 33.7 Å². The minimum atomic E-state index is 0. The summed E-state index contributed by atoms with van der Waals surface area (Å²) in [5.41, 5.74) is 1.01. The summed E-state index contributed by atoms with van der Waals surface area (Å²) in [6, 6.07) is 8.86. The second-order valence-electron chi connectivity index (χ2n) is 7.37. The van der Waals surface area contributed by atoms with E-state index < -0.39 is 0 Å². The van der Waals surface area contributed by atoms with Crippen LogP contribution in [0.4, 0.5) is 11.8 Å². The van der Waals surface area contributed by atoms with Gasteiger partial charge in [0.25, 0.3) is 0 Å². The van der Waals surface area contributed by atoms with Crippen LogP contribution in [0, 0.1) is 0 Å². The lowest BCUT2D eigenvalue weighted by molar-refractivity contribution is 0.352. The van der Waals surface area contributed by atoms with Gasteiger partial charge in [0.2, 0.25) is 5.95 Å². The van der Waals surface area contributed by atoms with E-state index in [9.17, 15) is 0 Å². The summed E-state index contributed by atoms with van der Waals surface area (Å²) in [6.07, 6.45) is 9.17. The van der Waals surface area contributed by atoms with E-state index in [0.717, 1.165) is 35.8 Å². The first kappa shape index (κ1) is 19.2. The van der Waals surface area contributed by atoms with Gasteiger partial charge in [-0.25, -0.2) is 4.98 Å². The van der Waals surface area contributed by atoms with Crippen molar-refractivity contribution in [1.29, 1.82) is 0 Å². The number of aromatic nitrogens is 2. The summed E-state index contributed by atoms with van der Waals surface area (Å²) >= 11 is 0. The van der Waals surface area contributed by atoms with Gasteiger partial charge < -0.3 is 15.5 Å². The minimum absolute atomic E-state index is 0. The quantitative estimate of drug-likeness (QED) is 0.788. The number of benzene rings is 1. The van der Waals surface area contributed by atoms with Crippen molar-refractivity contribution < 1.29 is 0 Å². The van der Waals surface area contributed by atoms with Crippen LogP contribution in [0.2, 0.25) is 0 Å². The van der Waals surface area contributed by atoms with Gasteiger partial charge in [0.15, 0.2) is 0 Å². The third-order valence-electron chi connectivity index (χ3n) is 5.46. The number of rotatable bonds is 6. The zero-order valence-electron chi connectivity index (χ0n) is 15.4. The molecule has 1 saturated heterocycles. The van der Waals surface area contributed by atoms with Gasteiger partial charge >= 0.3 is 0 Å². The number of halogens is 1. The third kappa shape index (κ3) is 4.77. The van der Waals surface area contributed by atoms with Gasteiger partial charge in [-0.3, -0.25) is 0 Å². The molecular weight excluding hydrogens is 346 g/mol. The lowest BCUT2D eigenvalue weighted by Crippen LogP contribution is -2.27. The van der Waals surface area contributed by atoms with Crippen molar-refractivity contribution >= 4 is 35.1 Å². The molecule has 1 saturated carbocycles. The average Bonchev–Trinajstić information content (AvgIpc) is 3.16. The Morgan fingerprint density at radius 3 is 2.54 bits per heavy atom. The van der Waals surface area contributed by atoms with E-state index >= 15 is 0 Å². The summed E-state index contributed by atoms with van der Waals surface area (Å²) in [4.78, 5) is 12.0. The Bertz CT molecular complexity index is 696. The van der Waals surface area contributed by atoms with Crippen molar-refractivity contribution in [1.82, 2.24) is 14.9 Å². The molecule has 2 heterocycles. The van der Waals surface area contributed by atoms with Gasteiger partial charge in [-0.2, -0.15) is 4.98 Å². The summed E-state index contributed by atoms with van der Waals surface area (Å²) in [5, 5.41) is 8.25. The molecule has 0 radical (unpaired) electrons. The Morgan fingerprint density at radius 2 is 1.73 bits per heavy atom. The summed E-state index contributed by atoms with van der Waals surface area (Å²) < 4.78 is 0. The maximum Gasteiger partial charge on any atom is 0.225 e. The number of anilines is 2. The number of nitrogens with one attached hydrogen (secondary N) is 2. The number of nitrogens with zero attached hydrogens (tertiary/aromatic N) is 3. The zero-order chi connectivity index (χ0) is 16.9. The van der Waals surface area contributed by atoms with Crippen molar-refractivity contribution in [2.45, 2.75) is 51.0 Å². The monoisotopic (exact) mass is 375 g/mol. The molecule has 2 aromatic rings. The first-order chi connectivity index (χ1) is 12.4. The molecule has 26 heavy (non-hydrogen) atoms. The fraction of sp³-hybridized carbons (Fsp3) is 0.600. The van der Waals surface area contributed by atoms with Crippen LogP contribution in [0.25, 0.3) is 10.9 Å². The molecule has 2 aliphatic rings. The van der Waals surface area contributed by atoms with Crippen molar-refractivity contribution in [3.63, 3.8) is 0 Å². The molecule has 2 N–H and O–H groups in total.